The summed E-state index contributed by atoms with van der Waals surface area (Å²) < 4.78 is 1.73. The van der Waals surface area contributed by atoms with Gasteiger partial charge in [0.1, 0.15) is 0 Å². The highest BCUT2D eigenvalue weighted by atomic mass is 16.4. The van der Waals surface area contributed by atoms with Crippen molar-refractivity contribution in [2.24, 2.45) is 5.41 Å². The highest BCUT2D eigenvalue weighted by Crippen LogP contribution is 2.30. The molecule has 0 fully saturated rings. The van der Waals surface area contributed by atoms with Gasteiger partial charge in [-0.15, -0.1) is 5.10 Å². The van der Waals surface area contributed by atoms with Crippen molar-refractivity contribution in [1.82, 2.24) is 20.2 Å². The lowest BCUT2D eigenvalue weighted by molar-refractivity contribution is -0.138. The molecule has 0 radical (unpaired) electrons. The van der Waals surface area contributed by atoms with E-state index in [0.717, 1.165) is 31.5 Å². The number of aliphatic carboxylic acids is 1. The number of hydrogen-bond acceptors (Lipinski definition) is 4. The number of aryl methyl sites for hydroxylation is 1. The molecule has 0 aromatic carbocycles. The van der Waals surface area contributed by atoms with Gasteiger partial charge < -0.3 is 5.11 Å². The maximum absolute atomic E-state index is 11.1. The summed E-state index contributed by atoms with van der Waals surface area (Å²) in [6.07, 6.45) is 6.22. The van der Waals surface area contributed by atoms with E-state index in [2.05, 4.69) is 43.2 Å². The molecule has 1 atom stereocenters. The van der Waals surface area contributed by atoms with Crippen molar-refractivity contribution < 1.29 is 9.90 Å². The predicted molar refractivity (Wildman–Crippen MR) is 81.0 cm³/mol. The number of carboxylic acids is 1. The Kier molecular flexibility index (Phi) is 6.78. The molecular weight excluding hydrogens is 268 g/mol. The zero-order chi connectivity index (χ0) is 15.9. The molecule has 120 valence electrons. The summed E-state index contributed by atoms with van der Waals surface area (Å²) in [5, 5.41) is 21.0. The zero-order valence-corrected chi connectivity index (χ0v) is 13.7. The van der Waals surface area contributed by atoms with Gasteiger partial charge in [-0.3, -0.25) is 4.79 Å². The normalized spacial score (nSPS) is 13.3. The van der Waals surface area contributed by atoms with Crippen LogP contribution >= 0.6 is 0 Å². The van der Waals surface area contributed by atoms with E-state index in [1.54, 1.807) is 4.68 Å². The number of hydrogen-bond donors (Lipinski definition) is 1. The van der Waals surface area contributed by atoms with Crippen molar-refractivity contribution >= 4 is 5.97 Å². The molecule has 1 aromatic rings. The minimum absolute atomic E-state index is 0.0333. The molecule has 6 heteroatoms. The van der Waals surface area contributed by atoms with E-state index in [1.165, 1.54) is 12.8 Å². The van der Waals surface area contributed by atoms with Crippen LogP contribution in [0.15, 0.2) is 0 Å². The summed E-state index contributed by atoms with van der Waals surface area (Å²) in [6, 6.07) is -0.182. The molecule has 21 heavy (non-hydrogen) atoms. The maximum atomic E-state index is 11.1. The van der Waals surface area contributed by atoms with Crippen molar-refractivity contribution in [3.05, 3.63) is 5.82 Å². The second-order valence-electron chi connectivity index (χ2n) is 6.87. The average Bonchev–Trinajstić information content (AvgIpc) is 2.80. The summed E-state index contributed by atoms with van der Waals surface area (Å²) in [6.45, 7) is 8.49. The lowest BCUT2D eigenvalue weighted by atomic mass is 9.87. The summed E-state index contributed by atoms with van der Waals surface area (Å²) in [7, 11) is 0. The molecule has 0 bridgehead atoms. The number of aromatic nitrogens is 4. The van der Waals surface area contributed by atoms with Crippen LogP contribution < -0.4 is 0 Å². The summed E-state index contributed by atoms with van der Waals surface area (Å²) in [4.78, 5) is 11.1. The standard InChI is InChI=1S/C15H28N4O2/c1-5-6-7-8-9-13-16-17-18-19(13)12(10-14(20)21)11-15(2,3)4/h12H,5-11H2,1-4H3,(H,20,21). The fourth-order valence-electron chi connectivity index (χ4n) is 2.52. The van der Waals surface area contributed by atoms with E-state index in [-0.39, 0.29) is 17.9 Å². The predicted octanol–water partition coefficient (Wildman–Crippen LogP) is 3.25. The quantitative estimate of drug-likeness (QED) is 0.707. The molecule has 1 N–H and O–H groups in total. The highest BCUT2D eigenvalue weighted by molar-refractivity contribution is 5.67. The van der Waals surface area contributed by atoms with E-state index < -0.39 is 5.97 Å². The SMILES string of the molecule is CCCCCCc1nnnn1C(CC(=O)O)CC(C)(C)C. The van der Waals surface area contributed by atoms with Gasteiger partial charge in [-0.1, -0.05) is 47.0 Å². The number of rotatable bonds is 9. The maximum Gasteiger partial charge on any atom is 0.305 e. The summed E-state index contributed by atoms with van der Waals surface area (Å²) in [5.41, 5.74) is 0.0333. The number of unbranched alkanes of at least 4 members (excludes halogenated alkanes) is 3. The third-order valence-electron chi connectivity index (χ3n) is 3.42. The van der Waals surface area contributed by atoms with E-state index in [9.17, 15) is 4.79 Å². The van der Waals surface area contributed by atoms with Crippen LogP contribution in [0.5, 0.6) is 0 Å². The summed E-state index contributed by atoms with van der Waals surface area (Å²) in [5.74, 6) is -0.00159. The lowest BCUT2D eigenvalue weighted by Crippen LogP contribution is -2.23. The van der Waals surface area contributed by atoms with Crippen LogP contribution in [0.25, 0.3) is 0 Å². The van der Waals surface area contributed by atoms with Crippen molar-refractivity contribution in [3.8, 4) is 0 Å². The van der Waals surface area contributed by atoms with Crippen LogP contribution in [0.1, 0.15) is 78.1 Å². The van der Waals surface area contributed by atoms with Crippen LogP contribution in [0, 0.1) is 5.41 Å². The Hall–Kier alpha value is -1.46. The molecule has 1 aromatic heterocycles. The van der Waals surface area contributed by atoms with Crippen LogP contribution in [0.2, 0.25) is 0 Å². The Labute approximate surface area is 126 Å². The number of carbonyl (C=O) groups is 1. The Bertz CT molecular complexity index is 437. The molecule has 1 rings (SSSR count). The molecule has 0 saturated heterocycles. The first-order chi connectivity index (χ1) is 9.83. The van der Waals surface area contributed by atoms with Crippen molar-refractivity contribution in [1.29, 1.82) is 0 Å². The van der Waals surface area contributed by atoms with Crippen molar-refractivity contribution in [2.45, 2.75) is 78.7 Å². The molecular formula is C15H28N4O2. The molecule has 0 aliphatic heterocycles. The first-order valence-electron chi connectivity index (χ1n) is 7.82. The average molecular weight is 296 g/mol. The van der Waals surface area contributed by atoms with Gasteiger partial charge >= 0.3 is 5.97 Å². The topological polar surface area (TPSA) is 80.9 Å². The lowest BCUT2D eigenvalue weighted by Gasteiger charge is -2.25. The monoisotopic (exact) mass is 296 g/mol. The van der Waals surface area contributed by atoms with Crippen LogP contribution in [0.4, 0.5) is 0 Å². The Morgan fingerprint density at radius 2 is 2.00 bits per heavy atom. The Balaban J connectivity index is 2.77. The van der Waals surface area contributed by atoms with Gasteiger partial charge in [0.15, 0.2) is 5.82 Å². The van der Waals surface area contributed by atoms with Crippen LogP contribution in [0.3, 0.4) is 0 Å². The molecule has 0 aliphatic carbocycles. The molecule has 1 heterocycles. The first-order valence-corrected chi connectivity index (χ1v) is 7.82. The van der Waals surface area contributed by atoms with Crippen molar-refractivity contribution in [3.63, 3.8) is 0 Å². The highest BCUT2D eigenvalue weighted by Gasteiger charge is 2.25. The first kappa shape index (κ1) is 17.6. The van der Waals surface area contributed by atoms with Gasteiger partial charge in [-0.25, -0.2) is 4.68 Å². The van der Waals surface area contributed by atoms with Gasteiger partial charge in [0.2, 0.25) is 0 Å². The largest absolute Gasteiger partial charge is 0.481 e. The Morgan fingerprint density at radius 3 is 2.57 bits per heavy atom. The molecule has 0 amide bonds. The second-order valence-corrected chi connectivity index (χ2v) is 6.87. The third kappa shape index (κ3) is 6.69. The Morgan fingerprint density at radius 1 is 1.29 bits per heavy atom. The van der Waals surface area contributed by atoms with Crippen LogP contribution in [-0.2, 0) is 11.2 Å². The van der Waals surface area contributed by atoms with Crippen molar-refractivity contribution in [2.75, 3.05) is 0 Å². The van der Waals surface area contributed by atoms with Crippen LogP contribution in [-0.4, -0.2) is 31.3 Å². The van der Waals surface area contributed by atoms with E-state index in [1.807, 2.05) is 0 Å². The molecule has 0 saturated carbocycles. The summed E-state index contributed by atoms with van der Waals surface area (Å²) >= 11 is 0. The molecule has 1 unspecified atom stereocenters. The fourth-order valence-corrected chi connectivity index (χ4v) is 2.52. The van der Waals surface area contributed by atoms with Gasteiger partial charge in [0, 0.05) is 6.42 Å². The molecule has 0 aliphatic rings. The van der Waals surface area contributed by atoms with E-state index >= 15 is 0 Å². The van der Waals surface area contributed by atoms with Gasteiger partial charge in [0.05, 0.1) is 12.5 Å². The second kappa shape index (κ2) is 8.10. The van der Waals surface area contributed by atoms with E-state index in [0.29, 0.717) is 0 Å². The van der Waals surface area contributed by atoms with Gasteiger partial charge in [-0.05, 0) is 28.7 Å². The minimum atomic E-state index is -0.809. The third-order valence-corrected chi connectivity index (χ3v) is 3.42. The molecule has 6 nitrogen and oxygen atoms in total. The smallest absolute Gasteiger partial charge is 0.305 e. The number of tetrazole rings is 1. The number of carboxylic acid groups (broad SMARTS) is 1. The van der Waals surface area contributed by atoms with Gasteiger partial charge in [-0.2, -0.15) is 0 Å². The minimum Gasteiger partial charge on any atom is -0.481 e. The zero-order valence-electron chi connectivity index (χ0n) is 13.7. The fraction of sp³-hybridized carbons (Fsp3) is 0.867. The van der Waals surface area contributed by atoms with Gasteiger partial charge in [0.25, 0.3) is 0 Å². The number of nitrogens with zero attached hydrogens (tertiary/aromatic N) is 4. The van der Waals surface area contributed by atoms with E-state index in [4.69, 9.17) is 5.11 Å². The molecule has 0 spiro atoms.